The first-order valence-electron chi connectivity index (χ1n) is 4.65. The van der Waals surface area contributed by atoms with E-state index in [9.17, 15) is 4.79 Å². The molecule has 1 unspecified atom stereocenters. The summed E-state index contributed by atoms with van der Waals surface area (Å²) in [5.74, 6) is 0.162. The number of rotatable bonds is 5. The van der Waals surface area contributed by atoms with E-state index in [2.05, 4.69) is 10.2 Å². The minimum absolute atomic E-state index is 0.162. The molecule has 6 nitrogen and oxygen atoms in total. The standard InChI is InChI=1S/C8H15N5OS/c1-3-5(4-6(9)10)15-8-12-11-7(14)13(8)2/h5H,3-4H2,1-2H3,(H3,9,10)(H,11,14). The molecule has 1 heterocycles. The zero-order valence-electron chi connectivity index (χ0n) is 8.78. The highest BCUT2D eigenvalue weighted by atomic mass is 32.2. The van der Waals surface area contributed by atoms with Crippen LogP contribution >= 0.6 is 11.8 Å². The zero-order valence-corrected chi connectivity index (χ0v) is 9.60. The molecule has 0 aliphatic heterocycles. The number of hydrogen-bond donors (Lipinski definition) is 3. The van der Waals surface area contributed by atoms with Crippen LogP contribution in [0.5, 0.6) is 0 Å². The smallest absolute Gasteiger partial charge is 0.343 e. The second-order valence-electron chi connectivity index (χ2n) is 3.25. The molecule has 0 saturated heterocycles. The number of hydrogen-bond acceptors (Lipinski definition) is 4. The average Bonchev–Trinajstić information content (AvgIpc) is 2.48. The number of nitrogens with one attached hydrogen (secondary N) is 2. The number of H-pyrrole nitrogens is 1. The lowest BCUT2D eigenvalue weighted by molar-refractivity contribution is 0.754. The molecule has 0 aromatic carbocycles. The number of nitrogens with zero attached hydrogens (tertiary/aromatic N) is 2. The maximum absolute atomic E-state index is 11.1. The minimum atomic E-state index is -0.227. The van der Waals surface area contributed by atoms with E-state index in [-0.39, 0.29) is 16.8 Å². The van der Waals surface area contributed by atoms with Gasteiger partial charge < -0.3 is 5.73 Å². The maximum Gasteiger partial charge on any atom is 0.343 e. The zero-order chi connectivity index (χ0) is 11.4. The van der Waals surface area contributed by atoms with Gasteiger partial charge in [-0.25, -0.2) is 9.89 Å². The van der Waals surface area contributed by atoms with Crippen molar-refractivity contribution >= 4 is 17.6 Å². The second-order valence-corrected chi connectivity index (χ2v) is 4.52. The molecule has 0 amide bonds. The van der Waals surface area contributed by atoms with Crippen LogP contribution in [-0.2, 0) is 7.05 Å². The maximum atomic E-state index is 11.1. The Bertz CT molecular complexity index is 396. The lowest BCUT2D eigenvalue weighted by Gasteiger charge is -2.11. The highest BCUT2D eigenvalue weighted by Crippen LogP contribution is 2.24. The first-order chi connectivity index (χ1) is 7.04. The van der Waals surface area contributed by atoms with Crippen molar-refractivity contribution in [2.75, 3.05) is 0 Å². The van der Waals surface area contributed by atoms with Gasteiger partial charge in [0.1, 0.15) is 0 Å². The molecule has 1 atom stereocenters. The molecule has 0 bridgehead atoms. The van der Waals surface area contributed by atoms with Gasteiger partial charge in [0.25, 0.3) is 0 Å². The van der Waals surface area contributed by atoms with E-state index in [1.165, 1.54) is 16.3 Å². The Morgan fingerprint density at radius 2 is 2.47 bits per heavy atom. The van der Waals surface area contributed by atoms with Gasteiger partial charge in [-0.1, -0.05) is 18.7 Å². The van der Waals surface area contributed by atoms with E-state index >= 15 is 0 Å². The van der Waals surface area contributed by atoms with Crippen molar-refractivity contribution in [2.24, 2.45) is 12.8 Å². The first kappa shape index (κ1) is 11.8. The Hall–Kier alpha value is -1.24. The predicted molar refractivity (Wildman–Crippen MR) is 60.3 cm³/mol. The number of nitrogens with two attached hydrogens (primary N) is 1. The summed E-state index contributed by atoms with van der Waals surface area (Å²) in [6, 6.07) is 0. The van der Waals surface area contributed by atoms with Gasteiger partial charge >= 0.3 is 5.69 Å². The van der Waals surface area contributed by atoms with Gasteiger partial charge in [0.05, 0.1) is 5.84 Å². The Balaban J connectivity index is 2.70. The molecule has 4 N–H and O–H groups in total. The summed E-state index contributed by atoms with van der Waals surface area (Å²) in [6.07, 6.45) is 1.40. The van der Waals surface area contributed by atoms with Crippen molar-refractivity contribution in [2.45, 2.75) is 30.2 Å². The predicted octanol–water partition coefficient (Wildman–Crippen LogP) is 0.305. The molecule has 0 radical (unpaired) electrons. The average molecular weight is 229 g/mol. The molecule has 1 rings (SSSR count). The summed E-state index contributed by atoms with van der Waals surface area (Å²) < 4.78 is 1.45. The van der Waals surface area contributed by atoms with Gasteiger partial charge in [-0.15, -0.1) is 5.10 Å². The topological polar surface area (TPSA) is 101 Å². The summed E-state index contributed by atoms with van der Waals surface area (Å²) in [5, 5.41) is 14.3. The lowest BCUT2D eigenvalue weighted by Crippen LogP contribution is -2.18. The van der Waals surface area contributed by atoms with Crippen LogP contribution in [0, 0.1) is 5.41 Å². The number of amidine groups is 1. The van der Waals surface area contributed by atoms with Gasteiger partial charge in [-0.3, -0.25) is 9.98 Å². The molecule has 84 valence electrons. The number of aromatic amines is 1. The Labute approximate surface area is 91.8 Å². The van der Waals surface area contributed by atoms with Gasteiger partial charge in [0.15, 0.2) is 5.16 Å². The third-order valence-corrected chi connectivity index (χ3v) is 3.42. The SMILES string of the molecule is CCC(CC(=N)N)Sc1n[nH]c(=O)n1C. The summed E-state index contributed by atoms with van der Waals surface area (Å²) in [5.41, 5.74) is 5.11. The van der Waals surface area contributed by atoms with E-state index in [0.29, 0.717) is 11.6 Å². The molecular weight excluding hydrogens is 214 g/mol. The molecule has 1 aromatic rings. The highest BCUT2D eigenvalue weighted by molar-refractivity contribution is 7.99. The highest BCUT2D eigenvalue weighted by Gasteiger charge is 2.14. The fraction of sp³-hybridized carbons (Fsp3) is 0.625. The van der Waals surface area contributed by atoms with E-state index < -0.39 is 0 Å². The summed E-state index contributed by atoms with van der Waals surface area (Å²) >= 11 is 1.46. The minimum Gasteiger partial charge on any atom is -0.388 e. The van der Waals surface area contributed by atoms with Crippen molar-refractivity contribution in [3.8, 4) is 0 Å². The molecule has 7 heteroatoms. The quantitative estimate of drug-likeness (QED) is 0.384. The van der Waals surface area contributed by atoms with Crippen molar-refractivity contribution in [1.29, 1.82) is 5.41 Å². The molecule has 0 saturated carbocycles. The summed E-state index contributed by atoms with van der Waals surface area (Å²) in [6.45, 7) is 2.02. The summed E-state index contributed by atoms with van der Waals surface area (Å²) in [4.78, 5) is 11.1. The van der Waals surface area contributed by atoms with E-state index in [1.54, 1.807) is 7.05 Å². The molecule has 0 aliphatic carbocycles. The van der Waals surface area contributed by atoms with E-state index in [1.807, 2.05) is 6.92 Å². The monoisotopic (exact) mass is 229 g/mol. The fourth-order valence-electron chi connectivity index (χ4n) is 1.10. The van der Waals surface area contributed by atoms with Crippen LogP contribution in [0.3, 0.4) is 0 Å². The van der Waals surface area contributed by atoms with E-state index in [4.69, 9.17) is 11.1 Å². The lowest BCUT2D eigenvalue weighted by atomic mass is 10.2. The van der Waals surface area contributed by atoms with Crippen LogP contribution in [0.25, 0.3) is 0 Å². The van der Waals surface area contributed by atoms with Crippen LogP contribution in [0.15, 0.2) is 9.95 Å². The van der Waals surface area contributed by atoms with Crippen LogP contribution in [-0.4, -0.2) is 25.9 Å². The number of aromatic nitrogens is 3. The normalized spacial score (nSPS) is 12.7. The van der Waals surface area contributed by atoms with Crippen LogP contribution < -0.4 is 11.4 Å². The fourth-order valence-corrected chi connectivity index (χ4v) is 2.17. The molecule has 1 aromatic heterocycles. The van der Waals surface area contributed by atoms with Crippen molar-refractivity contribution in [3.05, 3.63) is 10.5 Å². The Morgan fingerprint density at radius 3 is 2.87 bits per heavy atom. The molecular formula is C8H15N5OS. The van der Waals surface area contributed by atoms with Gasteiger partial charge in [-0.05, 0) is 6.42 Å². The third kappa shape index (κ3) is 3.12. The second kappa shape index (κ2) is 5.01. The molecule has 0 spiro atoms. The molecule has 0 fully saturated rings. The van der Waals surface area contributed by atoms with Gasteiger partial charge in [0, 0.05) is 18.7 Å². The largest absolute Gasteiger partial charge is 0.388 e. The van der Waals surface area contributed by atoms with Crippen molar-refractivity contribution in [1.82, 2.24) is 14.8 Å². The third-order valence-electron chi connectivity index (χ3n) is 2.01. The number of thioether (sulfide) groups is 1. The molecule has 0 aliphatic rings. The van der Waals surface area contributed by atoms with Crippen molar-refractivity contribution in [3.63, 3.8) is 0 Å². The first-order valence-corrected chi connectivity index (χ1v) is 5.53. The molecule has 15 heavy (non-hydrogen) atoms. The summed E-state index contributed by atoms with van der Waals surface area (Å²) in [7, 11) is 1.66. The van der Waals surface area contributed by atoms with Crippen LogP contribution in [0.4, 0.5) is 0 Å². The Morgan fingerprint density at radius 1 is 1.80 bits per heavy atom. The van der Waals surface area contributed by atoms with Crippen molar-refractivity contribution < 1.29 is 0 Å². The Kier molecular flexibility index (Phi) is 3.96. The van der Waals surface area contributed by atoms with Gasteiger partial charge in [0.2, 0.25) is 0 Å². The van der Waals surface area contributed by atoms with E-state index in [0.717, 1.165) is 6.42 Å². The van der Waals surface area contributed by atoms with Crippen LogP contribution in [0.2, 0.25) is 0 Å². The van der Waals surface area contributed by atoms with Crippen LogP contribution in [0.1, 0.15) is 19.8 Å². The van der Waals surface area contributed by atoms with Gasteiger partial charge in [-0.2, -0.15) is 0 Å².